The van der Waals surface area contributed by atoms with Gasteiger partial charge in [-0.2, -0.15) is 0 Å². The van der Waals surface area contributed by atoms with Crippen molar-refractivity contribution >= 4 is 11.6 Å². The summed E-state index contributed by atoms with van der Waals surface area (Å²) in [7, 11) is 0. The molecular weight excluding hydrogens is 283 g/mol. The quantitative estimate of drug-likeness (QED) is 0.596. The summed E-state index contributed by atoms with van der Waals surface area (Å²) in [6.45, 7) is 12.4. The van der Waals surface area contributed by atoms with Gasteiger partial charge in [0, 0.05) is 0 Å². The Morgan fingerprint density at radius 3 is 1.76 bits per heavy atom. The summed E-state index contributed by atoms with van der Waals surface area (Å²) in [6.07, 6.45) is 0. The summed E-state index contributed by atoms with van der Waals surface area (Å²) in [6, 6.07) is 5.26. The van der Waals surface area contributed by atoms with Gasteiger partial charge in [0.15, 0.2) is 0 Å². The van der Waals surface area contributed by atoms with Crippen molar-refractivity contribution in [3.63, 3.8) is 0 Å². The van der Waals surface area contributed by atoms with Crippen LogP contribution in [0.2, 0.25) is 0 Å². The summed E-state index contributed by atoms with van der Waals surface area (Å²) in [4.78, 5) is 0. The van der Waals surface area contributed by atoms with Gasteiger partial charge in [-0.1, -0.05) is 12.1 Å². The summed E-state index contributed by atoms with van der Waals surface area (Å²) >= 11 is 6.70. The van der Waals surface area contributed by atoms with Gasteiger partial charge in [-0.05, 0) is 92.1 Å². The molecule has 0 aliphatic rings. The average molecular weight is 305 g/mol. The first-order valence-electron chi connectivity index (χ1n) is 7.22. The Morgan fingerprint density at radius 1 is 0.810 bits per heavy atom. The highest BCUT2D eigenvalue weighted by molar-refractivity contribution is 6.22. The van der Waals surface area contributed by atoms with Gasteiger partial charge in [0.05, 0.1) is 5.38 Å². The van der Waals surface area contributed by atoms with Crippen LogP contribution in [0.4, 0.5) is 4.39 Å². The van der Waals surface area contributed by atoms with Crippen molar-refractivity contribution in [1.29, 1.82) is 0 Å². The van der Waals surface area contributed by atoms with Crippen LogP contribution < -0.4 is 0 Å². The van der Waals surface area contributed by atoms with Gasteiger partial charge in [0.25, 0.3) is 0 Å². The maximum atomic E-state index is 13.8. The maximum absolute atomic E-state index is 13.8. The summed E-state index contributed by atoms with van der Waals surface area (Å²) in [5.74, 6) is -0.200. The summed E-state index contributed by atoms with van der Waals surface area (Å²) < 4.78 is 13.8. The molecule has 1 atom stereocenters. The van der Waals surface area contributed by atoms with Crippen molar-refractivity contribution in [3.8, 4) is 0 Å². The van der Waals surface area contributed by atoms with Gasteiger partial charge in [0.1, 0.15) is 5.82 Å². The Labute approximate surface area is 132 Å². The molecule has 0 aliphatic carbocycles. The van der Waals surface area contributed by atoms with Crippen LogP contribution >= 0.6 is 11.6 Å². The highest BCUT2D eigenvalue weighted by atomic mass is 35.5. The molecule has 0 N–H and O–H groups in total. The molecule has 0 radical (unpaired) electrons. The lowest BCUT2D eigenvalue weighted by Crippen LogP contribution is -2.06. The summed E-state index contributed by atoms with van der Waals surface area (Å²) in [5, 5.41) is -0.321. The zero-order chi connectivity index (χ0) is 15.9. The van der Waals surface area contributed by atoms with Crippen molar-refractivity contribution in [2.75, 3.05) is 0 Å². The highest BCUT2D eigenvalue weighted by Gasteiger charge is 2.20. The first kappa shape index (κ1) is 16.0. The number of benzene rings is 2. The molecule has 21 heavy (non-hydrogen) atoms. The monoisotopic (exact) mass is 304 g/mol. The lowest BCUT2D eigenvalue weighted by atomic mass is 9.86. The van der Waals surface area contributed by atoms with Gasteiger partial charge in [-0.25, -0.2) is 4.39 Å². The van der Waals surface area contributed by atoms with Crippen LogP contribution in [-0.2, 0) is 0 Å². The Kier molecular flexibility index (Phi) is 4.43. The van der Waals surface area contributed by atoms with E-state index < -0.39 is 0 Å². The van der Waals surface area contributed by atoms with E-state index >= 15 is 0 Å². The molecule has 0 saturated carbocycles. The van der Waals surface area contributed by atoms with Crippen LogP contribution in [0.1, 0.15) is 49.9 Å². The van der Waals surface area contributed by atoms with Crippen molar-refractivity contribution in [2.24, 2.45) is 0 Å². The van der Waals surface area contributed by atoms with E-state index in [-0.39, 0.29) is 11.2 Å². The lowest BCUT2D eigenvalue weighted by Gasteiger charge is -2.22. The lowest BCUT2D eigenvalue weighted by molar-refractivity contribution is 0.616. The molecule has 0 fully saturated rings. The van der Waals surface area contributed by atoms with E-state index in [4.69, 9.17) is 11.6 Å². The minimum absolute atomic E-state index is 0.200. The largest absolute Gasteiger partial charge is 0.207 e. The van der Waals surface area contributed by atoms with E-state index in [9.17, 15) is 4.39 Å². The van der Waals surface area contributed by atoms with Crippen LogP contribution in [0.15, 0.2) is 18.2 Å². The average Bonchev–Trinajstić information content (AvgIpc) is 2.46. The molecule has 0 heterocycles. The molecule has 0 bridgehead atoms. The first-order valence-corrected chi connectivity index (χ1v) is 7.66. The van der Waals surface area contributed by atoms with Gasteiger partial charge >= 0.3 is 0 Å². The van der Waals surface area contributed by atoms with E-state index in [0.29, 0.717) is 5.56 Å². The second kappa shape index (κ2) is 5.81. The van der Waals surface area contributed by atoms with Crippen LogP contribution in [0.3, 0.4) is 0 Å². The van der Waals surface area contributed by atoms with E-state index in [1.807, 2.05) is 6.07 Å². The maximum Gasteiger partial charge on any atom is 0.126 e. The Morgan fingerprint density at radius 2 is 1.29 bits per heavy atom. The van der Waals surface area contributed by atoms with E-state index in [2.05, 4.69) is 34.6 Å². The molecule has 0 spiro atoms. The first-order chi connectivity index (χ1) is 9.75. The van der Waals surface area contributed by atoms with Crippen LogP contribution in [0.25, 0.3) is 0 Å². The Balaban J connectivity index is 2.63. The molecule has 0 saturated heterocycles. The normalized spacial score (nSPS) is 12.6. The van der Waals surface area contributed by atoms with Crippen molar-refractivity contribution in [2.45, 2.75) is 46.9 Å². The minimum atomic E-state index is -0.321. The zero-order valence-electron chi connectivity index (χ0n) is 13.6. The van der Waals surface area contributed by atoms with Crippen molar-refractivity contribution in [3.05, 3.63) is 68.5 Å². The van der Waals surface area contributed by atoms with E-state index in [1.54, 1.807) is 19.1 Å². The second-order valence-corrected chi connectivity index (χ2v) is 6.35. The number of hydrogen-bond donors (Lipinski definition) is 0. The second-order valence-electron chi connectivity index (χ2n) is 5.91. The Hall–Kier alpha value is -1.34. The molecule has 1 unspecified atom stereocenters. The van der Waals surface area contributed by atoms with Crippen molar-refractivity contribution < 1.29 is 4.39 Å². The minimum Gasteiger partial charge on any atom is -0.207 e. The third-order valence-electron chi connectivity index (χ3n) is 4.80. The van der Waals surface area contributed by atoms with E-state index in [0.717, 1.165) is 11.1 Å². The van der Waals surface area contributed by atoms with Crippen molar-refractivity contribution in [1.82, 2.24) is 0 Å². The molecule has 2 aromatic carbocycles. The predicted molar refractivity (Wildman–Crippen MR) is 89.0 cm³/mol. The van der Waals surface area contributed by atoms with E-state index in [1.165, 1.54) is 27.8 Å². The van der Waals surface area contributed by atoms with Gasteiger partial charge in [-0.3, -0.25) is 0 Å². The molecule has 0 nitrogen and oxygen atoms in total. The zero-order valence-corrected chi connectivity index (χ0v) is 14.3. The topological polar surface area (TPSA) is 0 Å². The SMILES string of the molecule is Cc1ccc(C(Cl)c2c(C)c(C)c(C)c(C)c2C)cc1F. The van der Waals surface area contributed by atoms with Crippen LogP contribution in [-0.4, -0.2) is 0 Å². The fourth-order valence-electron chi connectivity index (χ4n) is 2.84. The third-order valence-corrected chi connectivity index (χ3v) is 5.27. The fourth-order valence-corrected chi connectivity index (χ4v) is 3.31. The number of halogens is 2. The molecule has 0 aliphatic heterocycles. The fraction of sp³-hybridized carbons (Fsp3) is 0.368. The number of alkyl halides is 1. The molecule has 112 valence electrons. The van der Waals surface area contributed by atoms with Gasteiger partial charge in [-0.15, -0.1) is 11.6 Å². The smallest absolute Gasteiger partial charge is 0.126 e. The molecule has 2 heteroatoms. The van der Waals surface area contributed by atoms with Crippen LogP contribution in [0.5, 0.6) is 0 Å². The highest BCUT2D eigenvalue weighted by Crippen LogP contribution is 2.37. The molecule has 0 aromatic heterocycles. The van der Waals surface area contributed by atoms with Gasteiger partial charge < -0.3 is 0 Å². The van der Waals surface area contributed by atoms with Gasteiger partial charge in [0.2, 0.25) is 0 Å². The molecular formula is C19H22ClF. The Bertz CT molecular complexity index is 672. The third kappa shape index (κ3) is 2.72. The van der Waals surface area contributed by atoms with Crippen LogP contribution in [0, 0.1) is 47.4 Å². The number of rotatable bonds is 2. The standard InChI is InChI=1S/C19H22ClF/c1-10-7-8-16(9-17(10)21)19(20)18-14(5)12(3)11(2)13(4)15(18)6/h7-9,19H,1-6H3. The molecule has 2 rings (SSSR count). The summed E-state index contributed by atoms with van der Waals surface area (Å²) in [5.41, 5.74) is 8.83. The molecule has 2 aromatic rings. The predicted octanol–water partition coefficient (Wildman–Crippen LogP) is 6.00. The molecule has 0 amide bonds. The number of hydrogen-bond acceptors (Lipinski definition) is 0. The number of aryl methyl sites for hydroxylation is 1.